The molecular weight excluding hydrogens is 410 g/mol. The van der Waals surface area contributed by atoms with Crippen LogP contribution in [0.1, 0.15) is 53.2 Å². The highest BCUT2D eigenvalue weighted by Crippen LogP contribution is 2.30. The molecule has 2 aromatic heterocycles. The van der Waals surface area contributed by atoms with Crippen LogP contribution in [-0.2, 0) is 0 Å². The van der Waals surface area contributed by atoms with Crippen molar-refractivity contribution < 1.29 is 9.53 Å². The van der Waals surface area contributed by atoms with E-state index in [0.29, 0.717) is 27.8 Å². The van der Waals surface area contributed by atoms with Crippen LogP contribution in [-0.4, -0.2) is 39.5 Å². The zero-order chi connectivity index (χ0) is 21.8. The number of hydrogen-bond acceptors (Lipinski definition) is 6. The normalized spacial score (nSPS) is 13.7. The molecule has 1 aromatic carbocycles. The lowest BCUT2D eigenvalue weighted by molar-refractivity contribution is 0.0957. The molecule has 7 nitrogen and oxygen atoms in total. The Balaban J connectivity index is 1.49. The first-order chi connectivity index (χ1) is 15.1. The number of thiazole rings is 1. The Hall–Kier alpha value is -3.00. The minimum absolute atomic E-state index is 0.0736. The number of aromatic nitrogens is 4. The second kappa shape index (κ2) is 9.43. The van der Waals surface area contributed by atoms with Crippen molar-refractivity contribution >= 4 is 17.2 Å². The predicted octanol–water partition coefficient (Wildman–Crippen LogP) is 4.64. The van der Waals surface area contributed by atoms with Crippen molar-refractivity contribution in [2.75, 3.05) is 13.7 Å². The number of amides is 1. The third kappa shape index (κ3) is 4.69. The van der Waals surface area contributed by atoms with Gasteiger partial charge in [0.15, 0.2) is 0 Å². The van der Waals surface area contributed by atoms with Crippen LogP contribution < -0.4 is 10.1 Å². The van der Waals surface area contributed by atoms with E-state index in [2.05, 4.69) is 26.7 Å². The van der Waals surface area contributed by atoms with Gasteiger partial charge in [0, 0.05) is 12.6 Å². The fourth-order valence-electron chi connectivity index (χ4n) is 3.77. The van der Waals surface area contributed by atoms with Gasteiger partial charge in [-0.1, -0.05) is 22.9 Å². The molecule has 0 atom stereocenters. The van der Waals surface area contributed by atoms with E-state index < -0.39 is 0 Å². The molecule has 0 spiro atoms. The van der Waals surface area contributed by atoms with Crippen molar-refractivity contribution in [3.05, 3.63) is 52.2 Å². The number of ether oxygens (including phenoxy) is 1. The summed E-state index contributed by atoms with van der Waals surface area (Å²) in [4.78, 5) is 18.0. The lowest BCUT2D eigenvalue weighted by Crippen LogP contribution is -2.24. The first-order valence-electron chi connectivity index (χ1n) is 10.6. The van der Waals surface area contributed by atoms with Crippen LogP contribution in [0, 0.1) is 13.8 Å². The lowest BCUT2D eigenvalue weighted by atomic mass is 9.97. The van der Waals surface area contributed by atoms with E-state index in [1.807, 2.05) is 38.1 Å². The van der Waals surface area contributed by atoms with Gasteiger partial charge in [0.1, 0.15) is 21.3 Å². The maximum absolute atomic E-state index is 12.7. The van der Waals surface area contributed by atoms with E-state index in [1.54, 1.807) is 11.8 Å². The van der Waals surface area contributed by atoms with Crippen molar-refractivity contribution in [1.29, 1.82) is 0 Å². The van der Waals surface area contributed by atoms with Gasteiger partial charge >= 0.3 is 0 Å². The molecule has 0 bridgehead atoms. The van der Waals surface area contributed by atoms with Gasteiger partial charge in [-0.25, -0.2) is 9.67 Å². The van der Waals surface area contributed by atoms with Gasteiger partial charge in [0.25, 0.3) is 5.91 Å². The number of carbonyl (C=O) groups excluding carboxylic acids is 1. The molecule has 0 saturated heterocycles. The molecule has 0 fully saturated rings. The smallest absolute Gasteiger partial charge is 0.263 e. The number of rotatable bonds is 7. The number of methoxy groups -OCH3 is 1. The molecule has 0 radical (unpaired) electrons. The summed E-state index contributed by atoms with van der Waals surface area (Å²) in [6.45, 7) is 4.46. The number of carbonyl (C=O) groups is 1. The third-order valence-electron chi connectivity index (χ3n) is 5.51. The van der Waals surface area contributed by atoms with Crippen LogP contribution in [0.5, 0.6) is 5.75 Å². The predicted molar refractivity (Wildman–Crippen MR) is 122 cm³/mol. The molecular formula is C23H27N5O2S. The van der Waals surface area contributed by atoms with Crippen molar-refractivity contribution in [2.24, 2.45) is 0 Å². The van der Waals surface area contributed by atoms with Gasteiger partial charge in [-0.2, -0.15) is 0 Å². The summed E-state index contributed by atoms with van der Waals surface area (Å²) in [7, 11) is 1.63. The highest BCUT2D eigenvalue weighted by atomic mass is 32.1. The van der Waals surface area contributed by atoms with E-state index in [1.165, 1.54) is 29.8 Å². The van der Waals surface area contributed by atoms with Crippen LogP contribution in [0.2, 0.25) is 0 Å². The molecule has 8 heteroatoms. The highest BCUT2D eigenvalue weighted by molar-refractivity contribution is 7.17. The Morgan fingerprint density at radius 1 is 1.29 bits per heavy atom. The standard InChI is InChI=1S/C23H27N5O2S/c1-15-21(22(29)24-13-12-17-8-5-4-6-9-17)31-23(25-15)20-16(2)28(27-26-20)18-10-7-11-19(14-18)30-3/h7-8,10-11,14H,4-6,9,12-13H2,1-3H3,(H,24,29). The summed E-state index contributed by atoms with van der Waals surface area (Å²) in [5, 5.41) is 12.4. The average molecular weight is 438 g/mol. The van der Waals surface area contributed by atoms with E-state index in [9.17, 15) is 4.79 Å². The minimum atomic E-state index is -0.0736. The zero-order valence-electron chi connectivity index (χ0n) is 18.1. The van der Waals surface area contributed by atoms with Crippen molar-refractivity contribution in [2.45, 2.75) is 46.0 Å². The fourth-order valence-corrected chi connectivity index (χ4v) is 4.79. The Morgan fingerprint density at radius 2 is 2.16 bits per heavy atom. The Bertz CT molecular complexity index is 1120. The first kappa shape index (κ1) is 21.2. The highest BCUT2D eigenvalue weighted by Gasteiger charge is 2.21. The number of aryl methyl sites for hydroxylation is 1. The number of hydrogen-bond donors (Lipinski definition) is 1. The molecule has 2 heterocycles. The Morgan fingerprint density at radius 3 is 2.94 bits per heavy atom. The second-order valence-corrected chi connectivity index (χ2v) is 8.68. The van der Waals surface area contributed by atoms with E-state index in [-0.39, 0.29) is 5.91 Å². The molecule has 31 heavy (non-hydrogen) atoms. The SMILES string of the molecule is COc1cccc(-n2nnc(-c3nc(C)c(C(=O)NCCC4=CCCCC4)s3)c2C)c1. The molecule has 0 saturated carbocycles. The zero-order valence-corrected chi connectivity index (χ0v) is 19.0. The van der Waals surface area contributed by atoms with Gasteiger partial charge in [-0.3, -0.25) is 4.79 Å². The summed E-state index contributed by atoms with van der Waals surface area (Å²) >= 11 is 1.36. The maximum Gasteiger partial charge on any atom is 0.263 e. The van der Waals surface area contributed by atoms with Gasteiger partial charge < -0.3 is 10.1 Å². The summed E-state index contributed by atoms with van der Waals surface area (Å²) in [6.07, 6.45) is 8.09. The van der Waals surface area contributed by atoms with Crippen LogP contribution in [0.25, 0.3) is 16.4 Å². The minimum Gasteiger partial charge on any atom is -0.497 e. The Labute approximate surface area is 186 Å². The molecule has 0 unspecified atom stereocenters. The van der Waals surface area contributed by atoms with Crippen LogP contribution >= 0.6 is 11.3 Å². The molecule has 1 aliphatic rings. The summed E-state index contributed by atoms with van der Waals surface area (Å²) < 4.78 is 7.06. The molecule has 1 N–H and O–H groups in total. The molecule has 162 valence electrons. The molecule has 1 amide bonds. The lowest BCUT2D eigenvalue weighted by Gasteiger charge is -2.12. The van der Waals surface area contributed by atoms with Gasteiger partial charge in [-0.15, -0.1) is 16.4 Å². The third-order valence-corrected chi connectivity index (χ3v) is 6.68. The van der Waals surface area contributed by atoms with Crippen molar-refractivity contribution in [1.82, 2.24) is 25.3 Å². The van der Waals surface area contributed by atoms with Crippen LogP contribution in [0.4, 0.5) is 0 Å². The summed E-state index contributed by atoms with van der Waals surface area (Å²) in [6, 6.07) is 7.64. The average Bonchev–Trinajstić information content (AvgIpc) is 3.36. The topological polar surface area (TPSA) is 81.9 Å². The number of benzene rings is 1. The monoisotopic (exact) mass is 437 g/mol. The largest absolute Gasteiger partial charge is 0.497 e. The van der Waals surface area contributed by atoms with E-state index >= 15 is 0 Å². The first-order valence-corrected chi connectivity index (χ1v) is 11.4. The number of nitrogens with zero attached hydrogens (tertiary/aromatic N) is 4. The molecule has 0 aliphatic heterocycles. The molecule has 3 aromatic rings. The molecule has 1 aliphatic carbocycles. The van der Waals surface area contributed by atoms with Crippen molar-refractivity contribution in [3.8, 4) is 22.1 Å². The summed E-state index contributed by atoms with van der Waals surface area (Å²) in [5.41, 5.74) is 4.57. The number of allylic oxidation sites excluding steroid dienone is 1. The van der Waals surface area contributed by atoms with Gasteiger partial charge in [0.05, 0.1) is 24.2 Å². The number of nitrogens with one attached hydrogen (secondary N) is 1. The quantitative estimate of drug-likeness (QED) is 0.545. The van der Waals surface area contributed by atoms with E-state index in [0.717, 1.165) is 36.4 Å². The second-order valence-electron chi connectivity index (χ2n) is 7.68. The van der Waals surface area contributed by atoms with Crippen LogP contribution in [0.15, 0.2) is 35.9 Å². The van der Waals surface area contributed by atoms with Crippen molar-refractivity contribution in [3.63, 3.8) is 0 Å². The summed E-state index contributed by atoms with van der Waals surface area (Å²) in [5.74, 6) is 0.678. The Kier molecular flexibility index (Phi) is 6.46. The fraction of sp³-hybridized carbons (Fsp3) is 0.391. The van der Waals surface area contributed by atoms with E-state index in [4.69, 9.17) is 4.74 Å². The van der Waals surface area contributed by atoms with Crippen LogP contribution in [0.3, 0.4) is 0 Å². The molecule has 4 rings (SSSR count). The van der Waals surface area contributed by atoms with Gasteiger partial charge in [0.2, 0.25) is 0 Å². The maximum atomic E-state index is 12.7. The van der Waals surface area contributed by atoms with Gasteiger partial charge in [-0.05, 0) is 58.1 Å².